The zero-order valence-corrected chi connectivity index (χ0v) is 10.1. The summed E-state index contributed by atoms with van der Waals surface area (Å²) in [6.07, 6.45) is 12.9. The van der Waals surface area contributed by atoms with Crippen LogP contribution in [0.1, 0.15) is 33.1 Å². The van der Waals surface area contributed by atoms with E-state index in [2.05, 4.69) is 38.2 Å². The summed E-state index contributed by atoms with van der Waals surface area (Å²) in [7, 11) is 0. The quantitative estimate of drug-likeness (QED) is 0.567. The molecular weight excluding hydrogens is 196 g/mol. The first kappa shape index (κ1) is 10.3. The number of Topliss-reactive ketones (excluding diaryl/α,β-unsaturated/α-hetero) is 1. The Bertz CT molecular complexity index is 375. The lowest BCUT2D eigenvalue weighted by Crippen LogP contribution is -2.52. The minimum Gasteiger partial charge on any atom is -0.298 e. The lowest BCUT2D eigenvalue weighted by atomic mass is 9.51. The summed E-state index contributed by atoms with van der Waals surface area (Å²) in [5, 5.41) is 0. The maximum absolute atomic E-state index is 12.4. The second-order valence-corrected chi connectivity index (χ2v) is 6.12. The maximum Gasteiger partial charge on any atom is 0.146 e. The molecule has 1 saturated carbocycles. The summed E-state index contributed by atoms with van der Waals surface area (Å²) in [6.45, 7) is 4.28. The van der Waals surface area contributed by atoms with Gasteiger partial charge in [-0.15, -0.1) is 0 Å². The molecule has 4 rings (SSSR count). The number of fused-ring (bicyclic) bond motifs is 1. The van der Waals surface area contributed by atoms with Crippen LogP contribution < -0.4 is 0 Å². The molecule has 4 aliphatic carbocycles. The van der Waals surface area contributed by atoms with Crippen LogP contribution in [0.2, 0.25) is 0 Å². The molecule has 4 aliphatic rings. The SMILES string of the molecule is CC1(C)C(=O)[C@H]2C=C[C@@H]1[C@@H]1CCCC=C[C@@H]12. The molecule has 86 valence electrons. The number of allylic oxidation sites excluding steroid dienone is 4. The van der Waals surface area contributed by atoms with Crippen LogP contribution in [-0.2, 0) is 4.79 Å². The van der Waals surface area contributed by atoms with E-state index in [0.29, 0.717) is 23.5 Å². The van der Waals surface area contributed by atoms with Crippen molar-refractivity contribution in [1.82, 2.24) is 0 Å². The molecule has 2 bridgehead atoms. The molecule has 0 aliphatic heterocycles. The molecule has 0 aromatic rings. The van der Waals surface area contributed by atoms with Crippen molar-refractivity contribution >= 4 is 5.78 Å². The molecule has 0 amide bonds. The molecule has 1 fully saturated rings. The molecule has 0 heterocycles. The van der Waals surface area contributed by atoms with Gasteiger partial charge in [-0.2, -0.15) is 0 Å². The average molecular weight is 216 g/mol. The van der Waals surface area contributed by atoms with Gasteiger partial charge in [0.1, 0.15) is 5.78 Å². The van der Waals surface area contributed by atoms with Gasteiger partial charge in [0.25, 0.3) is 0 Å². The number of rotatable bonds is 0. The molecular formula is C15H20O. The highest BCUT2D eigenvalue weighted by atomic mass is 16.1. The molecule has 4 atom stereocenters. The summed E-state index contributed by atoms with van der Waals surface area (Å²) < 4.78 is 0. The molecule has 16 heavy (non-hydrogen) atoms. The third kappa shape index (κ3) is 1.20. The van der Waals surface area contributed by atoms with Crippen LogP contribution >= 0.6 is 0 Å². The van der Waals surface area contributed by atoms with E-state index in [-0.39, 0.29) is 11.3 Å². The van der Waals surface area contributed by atoms with E-state index in [1.165, 1.54) is 19.3 Å². The van der Waals surface area contributed by atoms with Gasteiger partial charge in [0.05, 0.1) is 0 Å². The Morgan fingerprint density at radius 1 is 1.25 bits per heavy atom. The molecule has 1 heteroatoms. The molecule has 0 saturated heterocycles. The van der Waals surface area contributed by atoms with Crippen LogP contribution in [-0.4, -0.2) is 5.78 Å². The third-order valence-electron chi connectivity index (χ3n) is 4.93. The van der Waals surface area contributed by atoms with E-state index < -0.39 is 0 Å². The average Bonchev–Trinajstić information content (AvgIpc) is 2.50. The molecule has 0 aromatic heterocycles. The zero-order chi connectivity index (χ0) is 11.3. The fraction of sp³-hybridized carbons (Fsp3) is 0.667. The van der Waals surface area contributed by atoms with Gasteiger partial charge in [0.2, 0.25) is 0 Å². The highest BCUT2D eigenvalue weighted by molar-refractivity contribution is 5.91. The summed E-state index contributed by atoms with van der Waals surface area (Å²) in [6, 6.07) is 0. The number of hydrogen-bond acceptors (Lipinski definition) is 1. The Morgan fingerprint density at radius 3 is 2.88 bits per heavy atom. The molecule has 1 nitrogen and oxygen atoms in total. The van der Waals surface area contributed by atoms with Gasteiger partial charge in [0, 0.05) is 11.3 Å². The van der Waals surface area contributed by atoms with Gasteiger partial charge >= 0.3 is 0 Å². The summed E-state index contributed by atoms with van der Waals surface area (Å²) in [4.78, 5) is 12.4. The largest absolute Gasteiger partial charge is 0.298 e. The lowest BCUT2D eigenvalue weighted by Gasteiger charge is -2.51. The van der Waals surface area contributed by atoms with Crippen molar-refractivity contribution in [3.8, 4) is 0 Å². The topological polar surface area (TPSA) is 17.1 Å². The van der Waals surface area contributed by atoms with Crippen LogP contribution in [0, 0.1) is 29.1 Å². The van der Waals surface area contributed by atoms with Crippen molar-refractivity contribution in [3.63, 3.8) is 0 Å². The first-order valence-corrected chi connectivity index (χ1v) is 6.51. The minimum atomic E-state index is -0.126. The summed E-state index contributed by atoms with van der Waals surface area (Å²) >= 11 is 0. The highest BCUT2D eigenvalue weighted by Crippen LogP contribution is 2.54. The Labute approximate surface area is 97.6 Å². The third-order valence-corrected chi connectivity index (χ3v) is 4.93. The first-order valence-electron chi connectivity index (χ1n) is 6.51. The van der Waals surface area contributed by atoms with Crippen LogP contribution in [0.3, 0.4) is 0 Å². The molecule has 0 unspecified atom stereocenters. The molecule has 0 radical (unpaired) electrons. The fourth-order valence-corrected chi connectivity index (χ4v) is 4.01. The first-order chi connectivity index (χ1) is 7.62. The number of carbonyl (C=O) groups is 1. The fourth-order valence-electron chi connectivity index (χ4n) is 4.01. The lowest BCUT2D eigenvalue weighted by molar-refractivity contribution is -0.141. The Morgan fingerprint density at radius 2 is 2.06 bits per heavy atom. The van der Waals surface area contributed by atoms with Crippen LogP contribution in [0.5, 0.6) is 0 Å². The van der Waals surface area contributed by atoms with Gasteiger partial charge in [-0.1, -0.05) is 38.2 Å². The maximum atomic E-state index is 12.4. The Balaban J connectivity index is 2.05. The van der Waals surface area contributed by atoms with Gasteiger partial charge in [0.15, 0.2) is 0 Å². The number of carbonyl (C=O) groups excluding carboxylic acids is 1. The second kappa shape index (κ2) is 3.32. The molecule has 0 aromatic carbocycles. The van der Waals surface area contributed by atoms with E-state index in [4.69, 9.17) is 0 Å². The molecule has 0 spiro atoms. The van der Waals surface area contributed by atoms with Crippen LogP contribution in [0.4, 0.5) is 0 Å². The number of hydrogen-bond donors (Lipinski definition) is 0. The molecule has 0 N–H and O–H groups in total. The zero-order valence-electron chi connectivity index (χ0n) is 10.1. The van der Waals surface area contributed by atoms with Crippen molar-refractivity contribution < 1.29 is 4.79 Å². The monoisotopic (exact) mass is 216 g/mol. The van der Waals surface area contributed by atoms with E-state index in [1.807, 2.05) is 0 Å². The van der Waals surface area contributed by atoms with Crippen LogP contribution in [0.15, 0.2) is 24.3 Å². The predicted octanol–water partition coefficient (Wildman–Crippen LogP) is 3.37. The normalized spacial score (nSPS) is 44.2. The van der Waals surface area contributed by atoms with E-state index in [0.717, 1.165) is 0 Å². The summed E-state index contributed by atoms with van der Waals surface area (Å²) in [5.41, 5.74) is -0.126. The number of ketones is 1. The van der Waals surface area contributed by atoms with Crippen molar-refractivity contribution in [2.45, 2.75) is 33.1 Å². The van der Waals surface area contributed by atoms with Gasteiger partial charge < -0.3 is 0 Å². The summed E-state index contributed by atoms with van der Waals surface area (Å²) in [5.74, 6) is 2.31. The standard InChI is InChI=1S/C15H20O/c1-15(2)13-9-8-12(14(15)16)10-6-4-3-5-7-11(10)13/h4,6,8-13H,3,5,7H2,1-2H3/t10-,11+,12-,13+/m0/s1. The van der Waals surface area contributed by atoms with Gasteiger partial charge in [-0.25, -0.2) is 0 Å². The van der Waals surface area contributed by atoms with Crippen LogP contribution in [0.25, 0.3) is 0 Å². The second-order valence-electron chi connectivity index (χ2n) is 6.12. The minimum absolute atomic E-state index is 0.126. The highest BCUT2D eigenvalue weighted by Gasteiger charge is 2.54. The van der Waals surface area contributed by atoms with Gasteiger partial charge in [-0.05, 0) is 37.0 Å². The Hall–Kier alpha value is -0.850. The predicted molar refractivity (Wildman–Crippen MR) is 64.9 cm³/mol. The van der Waals surface area contributed by atoms with Gasteiger partial charge in [-0.3, -0.25) is 4.79 Å². The van der Waals surface area contributed by atoms with Crippen molar-refractivity contribution in [3.05, 3.63) is 24.3 Å². The van der Waals surface area contributed by atoms with Crippen molar-refractivity contribution in [2.75, 3.05) is 0 Å². The van der Waals surface area contributed by atoms with Crippen molar-refractivity contribution in [2.24, 2.45) is 29.1 Å². The Kier molecular flexibility index (Phi) is 2.14. The van der Waals surface area contributed by atoms with E-state index in [1.54, 1.807) is 0 Å². The van der Waals surface area contributed by atoms with E-state index >= 15 is 0 Å². The smallest absolute Gasteiger partial charge is 0.146 e. The van der Waals surface area contributed by atoms with Crippen molar-refractivity contribution in [1.29, 1.82) is 0 Å². The van der Waals surface area contributed by atoms with E-state index in [9.17, 15) is 4.79 Å².